The minimum Gasteiger partial charge on any atom is -0.210 e. The molecule has 2 aromatic rings. The monoisotopic (exact) mass is 323 g/mol. The van der Waals surface area contributed by atoms with E-state index in [4.69, 9.17) is 0 Å². The van der Waals surface area contributed by atoms with Crippen LogP contribution in [0.4, 0.5) is 8.78 Å². The third kappa shape index (κ3) is 3.03. The first kappa shape index (κ1) is 15.1. The van der Waals surface area contributed by atoms with Crippen molar-refractivity contribution in [3.8, 4) is 0 Å². The van der Waals surface area contributed by atoms with Gasteiger partial charge in [0.25, 0.3) is 0 Å². The molecule has 1 N–H and O–H groups in total. The van der Waals surface area contributed by atoms with Gasteiger partial charge >= 0.3 is 0 Å². The van der Waals surface area contributed by atoms with Crippen molar-refractivity contribution >= 4 is 10.0 Å². The zero-order valence-electron chi connectivity index (χ0n) is 11.7. The van der Waals surface area contributed by atoms with Crippen LogP contribution in [0.2, 0.25) is 0 Å². The van der Waals surface area contributed by atoms with Crippen molar-refractivity contribution < 1.29 is 17.2 Å². The summed E-state index contributed by atoms with van der Waals surface area (Å²) < 4.78 is 52.8. The molecule has 0 aromatic heterocycles. The first-order valence-corrected chi connectivity index (χ1v) is 8.41. The van der Waals surface area contributed by atoms with E-state index < -0.39 is 15.8 Å². The van der Waals surface area contributed by atoms with Gasteiger partial charge in [-0.2, -0.15) is 0 Å². The number of halogens is 2. The second-order valence-corrected chi connectivity index (χ2v) is 7.33. The Morgan fingerprint density at radius 3 is 1.91 bits per heavy atom. The summed E-state index contributed by atoms with van der Waals surface area (Å²) in [5.41, 5.74) is 0.663. The van der Waals surface area contributed by atoms with Crippen molar-refractivity contribution in [1.29, 1.82) is 0 Å². The van der Waals surface area contributed by atoms with Crippen molar-refractivity contribution in [1.82, 2.24) is 4.72 Å². The van der Waals surface area contributed by atoms with Crippen LogP contribution in [0.3, 0.4) is 0 Å². The zero-order chi connectivity index (χ0) is 15.8. The maximum absolute atomic E-state index is 13.0. The fraction of sp³-hybridized carbons (Fsp3) is 0.250. The lowest BCUT2D eigenvalue weighted by Gasteiger charge is -2.17. The second-order valence-electron chi connectivity index (χ2n) is 5.57. The van der Waals surface area contributed by atoms with Gasteiger partial charge in [0.1, 0.15) is 11.6 Å². The Labute approximate surface area is 128 Å². The Balaban J connectivity index is 1.74. The largest absolute Gasteiger partial charge is 0.240 e. The highest BCUT2D eigenvalue weighted by Crippen LogP contribution is 2.47. The van der Waals surface area contributed by atoms with E-state index in [-0.39, 0.29) is 22.7 Å². The normalized spacial score (nSPS) is 16.5. The van der Waals surface area contributed by atoms with Gasteiger partial charge < -0.3 is 0 Å². The lowest BCUT2D eigenvalue weighted by Crippen LogP contribution is -2.32. The maximum Gasteiger partial charge on any atom is 0.240 e. The standard InChI is InChI=1S/C16H15F2NO2S/c17-13-3-1-12(2-4-13)16(9-10-16)11-19-22(20,21)15-7-5-14(18)6-8-15/h1-8,19H,9-11H2. The molecule has 0 radical (unpaired) electrons. The predicted octanol–water partition coefficient (Wildman–Crippen LogP) is 2.97. The second kappa shape index (κ2) is 5.44. The molecule has 0 unspecified atom stereocenters. The molecule has 0 heterocycles. The molecular weight excluding hydrogens is 308 g/mol. The SMILES string of the molecule is O=S(=O)(NCC1(c2ccc(F)cc2)CC1)c1ccc(F)cc1. The molecule has 6 heteroatoms. The predicted molar refractivity (Wildman–Crippen MR) is 78.9 cm³/mol. The summed E-state index contributed by atoms with van der Waals surface area (Å²) in [4.78, 5) is 0.0313. The Bertz CT molecular complexity index is 767. The Morgan fingerprint density at radius 1 is 0.909 bits per heavy atom. The molecule has 3 rings (SSSR count). The molecule has 1 aliphatic rings. The molecule has 0 spiro atoms. The van der Waals surface area contributed by atoms with Gasteiger partial charge in [-0.25, -0.2) is 21.9 Å². The van der Waals surface area contributed by atoms with Crippen molar-refractivity contribution in [2.24, 2.45) is 0 Å². The molecule has 2 aromatic carbocycles. The van der Waals surface area contributed by atoms with Gasteiger partial charge in [-0.3, -0.25) is 0 Å². The molecule has 116 valence electrons. The number of benzene rings is 2. The summed E-state index contributed by atoms with van der Waals surface area (Å²) in [6.45, 7) is 0.248. The summed E-state index contributed by atoms with van der Waals surface area (Å²) in [6.07, 6.45) is 1.70. The van der Waals surface area contributed by atoms with Crippen molar-refractivity contribution in [3.05, 3.63) is 65.7 Å². The molecule has 22 heavy (non-hydrogen) atoms. The molecule has 3 nitrogen and oxygen atoms in total. The van der Waals surface area contributed by atoms with Crippen LogP contribution in [0, 0.1) is 11.6 Å². The first-order chi connectivity index (χ1) is 10.4. The lowest BCUT2D eigenvalue weighted by atomic mass is 9.96. The Kier molecular flexibility index (Phi) is 3.74. The molecule has 0 amide bonds. The summed E-state index contributed by atoms with van der Waals surface area (Å²) in [6, 6.07) is 10.8. The molecule has 0 bridgehead atoms. The third-order valence-electron chi connectivity index (χ3n) is 4.03. The number of rotatable bonds is 5. The highest BCUT2D eigenvalue weighted by Gasteiger charge is 2.44. The van der Waals surface area contributed by atoms with Crippen LogP contribution in [0.1, 0.15) is 18.4 Å². The van der Waals surface area contributed by atoms with Crippen molar-refractivity contribution in [2.45, 2.75) is 23.2 Å². The highest BCUT2D eigenvalue weighted by molar-refractivity contribution is 7.89. The van der Waals surface area contributed by atoms with E-state index in [1.807, 2.05) is 0 Å². The van der Waals surface area contributed by atoms with Gasteiger partial charge in [0.15, 0.2) is 0 Å². The Morgan fingerprint density at radius 2 is 1.41 bits per heavy atom. The molecule has 0 saturated heterocycles. The average Bonchev–Trinajstić information content (AvgIpc) is 3.28. The van der Waals surface area contributed by atoms with Gasteiger partial charge in [0.05, 0.1) is 4.90 Å². The summed E-state index contributed by atoms with van der Waals surface area (Å²) >= 11 is 0. The molecule has 0 atom stereocenters. The quantitative estimate of drug-likeness (QED) is 0.919. The van der Waals surface area contributed by atoms with Crippen molar-refractivity contribution in [3.63, 3.8) is 0 Å². The van der Waals surface area contributed by atoms with Crippen LogP contribution in [0.25, 0.3) is 0 Å². The smallest absolute Gasteiger partial charge is 0.210 e. The number of nitrogens with one attached hydrogen (secondary N) is 1. The zero-order valence-corrected chi connectivity index (χ0v) is 12.5. The fourth-order valence-corrected chi connectivity index (χ4v) is 3.58. The molecule has 1 aliphatic carbocycles. The molecule has 0 aliphatic heterocycles. The molecule has 1 saturated carbocycles. The van der Waals surface area contributed by atoms with E-state index in [1.54, 1.807) is 12.1 Å². The first-order valence-electron chi connectivity index (χ1n) is 6.93. The van der Waals surface area contributed by atoms with Gasteiger partial charge in [-0.1, -0.05) is 12.1 Å². The summed E-state index contributed by atoms with van der Waals surface area (Å²) in [5, 5.41) is 0. The van der Waals surface area contributed by atoms with E-state index >= 15 is 0 Å². The van der Waals surface area contributed by atoms with Crippen LogP contribution in [0.5, 0.6) is 0 Å². The van der Waals surface area contributed by atoms with E-state index in [9.17, 15) is 17.2 Å². The van der Waals surface area contributed by atoms with Gasteiger partial charge in [-0.05, 0) is 54.8 Å². The number of hydrogen-bond donors (Lipinski definition) is 1. The Hall–Kier alpha value is -1.79. The third-order valence-corrected chi connectivity index (χ3v) is 5.45. The van der Waals surface area contributed by atoms with Crippen LogP contribution in [0.15, 0.2) is 53.4 Å². The maximum atomic E-state index is 13.0. The number of sulfonamides is 1. The van der Waals surface area contributed by atoms with Crippen LogP contribution in [-0.2, 0) is 15.4 Å². The molecule has 1 fully saturated rings. The minimum absolute atomic E-state index is 0.0313. The molecular formula is C16H15F2NO2S. The van der Waals surface area contributed by atoms with Crippen molar-refractivity contribution in [2.75, 3.05) is 6.54 Å². The minimum atomic E-state index is -3.68. The van der Waals surface area contributed by atoms with E-state index in [0.717, 1.165) is 30.5 Å². The van der Waals surface area contributed by atoms with Gasteiger partial charge in [0, 0.05) is 12.0 Å². The van der Waals surface area contributed by atoms with Crippen LogP contribution in [-0.4, -0.2) is 15.0 Å². The van der Waals surface area contributed by atoms with Crippen LogP contribution < -0.4 is 4.72 Å². The van der Waals surface area contributed by atoms with E-state index in [1.165, 1.54) is 24.3 Å². The highest BCUT2D eigenvalue weighted by atomic mass is 32.2. The summed E-state index contributed by atoms with van der Waals surface area (Å²) in [7, 11) is -3.68. The topological polar surface area (TPSA) is 46.2 Å². The van der Waals surface area contributed by atoms with Gasteiger partial charge in [0.2, 0.25) is 10.0 Å². The number of hydrogen-bond acceptors (Lipinski definition) is 2. The lowest BCUT2D eigenvalue weighted by molar-refractivity contribution is 0.565. The van der Waals surface area contributed by atoms with E-state index in [0.29, 0.717) is 0 Å². The van der Waals surface area contributed by atoms with Gasteiger partial charge in [-0.15, -0.1) is 0 Å². The van der Waals surface area contributed by atoms with Crippen LogP contribution >= 0.6 is 0 Å². The van der Waals surface area contributed by atoms with E-state index in [2.05, 4.69) is 4.72 Å². The fourth-order valence-electron chi connectivity index (χ4n) is 2.45. The summed E-state index contributed by atoms with van der Waals surface area (Å²) in [5.74, 6) is -0.796. The average molecular weight is 323 g/mol.